The second kappa shape index (κ2) is 3.06. The molecule has 4 heteroatoms. The zero-order valence-corrected chi connectivity index (χ0v) is 7.85. The first-order chi connectivity index (χ1) is 6.95. The summed E-state index contributed by atoms with van der Waals surface area (Å²) in [5.74, 6) is 0. The second-order valence-electron chi connectivity index (χ2n) is 3.65. The van der Waals surface area contributed by atoms with Gasteiger partial charge in [-0.2, -0.15) is 0 Å². The Balaban J connectivity index is 2.11. The van der Waals surface area contributed by atoms with Gasteiger partial charge in [0.1, 0.15) is 0 Å². The highest BCUT2D eigenvalue weighted by atomic mass is 15.0. The Labute approximate surface area is 82.0 Å². The van der Waals surface area contributed by atoms with E-state index < -0.39 is 0 Å². The lowest BCUT2D eigenvalue weighted by Gasteiger charge is -2.06. The maximum atomic E-state index is 4.44. The topological polar surface area (TPSA) is 42.2 Å². The highest BCUT2D eigenvalue weighted by Crippen LogP contribution is 2.24. The van der Waals surface area contributed by atoms with Crippen LogP contribution in [0.3, 0.4) is 0 Å². The zero-order valence-electron chi connectivity index (χ0n) is 7.85. The van der Waals surface area contributed by atoms with Crippen LogP contribution in [0.1, 0.15) is 24.6 Å². The summed E-state index contributed by atoms with van der Waals surface area (Å²) in [5, 5.41) is 3.45. The van der Waals surface area contributed by atoms with Crippen LogP contribution in [-0.2, 0) is 0 Å². The average Bonchev–Trinajstić information content (AvgIpc) is 2.85. The van der Waals surface area contributed by atoms with Crippen LogP contribution in [0.4, 0.5) is 0 Å². The van der Waals surface area contributed by atoms with E-state index in [-0.39, 0.29) is 0 Å². The molecule has 0 saturated carbocycles. The van der Waals surface area contributed by atoms with Gasteiger partial charge in [-0.1, -0.05) is 0 Å². The smallest absolute Gasteiger partial charge is 0.0997 e. The van der Waals surface area contributed by atoms with Crippen molar-refractivity contribution in [1.82, 2.24) is 19.7 Å². The monoisotopic (exact) mass is 188 g/mol. The summed E-state index contributed by atoms with van der Waals surface area (Å²) in [6.45, 7) is 1.10. The SMILES string of the molecule is c1cn2cnc(C3CCCN3)c2cn1. The molecule has 1 N–H and O–H groups in total. The first-order valence-electron chi connectivity index (χ1n) is 4.95. The molecular formula is C10H12N4. The Hall–Kier alpha value is -1.42. The number of aromatic nitrogens is 3. The number of imidazole rings is 1. The van der Waals surface area contributed by atoms with Gasteiger partial charge in [-0.15, -0.1) is 0 Å². The molecule has 2 aromatic rings. The summed E-state index contributed by atoms with van der Waals surface area (Å²) < 4.78 is 2.02. The third-order valence-corrected chi connectivity index (χ3v) is 2.76. The highest BCUT2D eigenvalue weighted by molar-refractivity contribution is 5.51. The summed E-state index contributed by atoms with van der Waals surface area (Å²) in [4.78, 5) is 8.57. The van der Waals surface area contributed by atoms with E-state index in [1.807, 2.05) is 23.1 Å². The van der Waals surface area contributed by atoms with Crippen molar-refractivity contribution in [3.8, 4) is 0 Å². The Morgan fingerprint density at radius 1 is 1.50 bits per heavy atom. The van der Waals surface area contributed by atoms with Crippen molar-refractivity contribution in [3.05, 3.63) is 30.6 Å². The molecule has 1 saturated heterocycles. The fourth-order valence-electron chi connectivity index (χ4n) is 2.05. The number of fused-ring (bicyclic) bond motifs is 1. The van der Waals surface area contributed by atoms with E-state index >= 15 is 0 Å². The van der Waals surface area contributed by atoms with Crippen LogP contribution in [0.25, 0.3) is 5.52 Å². The van der Waals surface area contributed by atoms with Gasteiger partial charge in [-0.05, 0) is 19.4 Å². The standard InChI is InChI=1S/C10H12N4/c1-2-8(12-3-1)10-9-6-11-4-5-14(9)7-13-10/h4-8,12H,1-3H2. The predicted octanol–water partition coefficient (Wildman–Crippen LogP) is 1.15. The van der Waals surface area contributed by atoms with Crippen LogP contribution >= 0.6 is 0 Å². The lowest BCUT2D eigenvalue weighted by Crippen LogP contribution is -2.13. The molecule has 0 aliphatic carbocycles. The first-order valence-corrected chi connectivity index (χ1v) is 4.95. The highest BCUT2D eigenvalue weighted by Gasteiger charge is 2.20. The molecule has 3 heterocycles. The van der Waals surface area contributed by atoms with Gasteiger partial charge in [0, 0.05) is 12.4 Å². The molecule has 1 aliphatic heterocycles. The minimum atomic E-state index is 0.421. The maximum Gasteiger partial charge on any atom is 0.0997 e. The Morgan fingerprint density at radius 3 is 3.36 bits per heavy atom. The molecule has 0 amide bonds. The Kier molecular flexibility index (Phi) is 1.73. The molecule has 1 atom stereocenters. The lowest BCUT2D eigenvalue weighted by atomic mass is 10.1. The molecule has 1 unspecified atom stereocenters. The minimum absolute atomic E-state index is 0.421. The van der Waals surface area contributed by atoms with Crippen LogP contribution in [-0.4, -0.2) is 20.9 Å². The number of rotatable bonds is 1. The fourth-order valence-corrected chi connectivity index (χ4v) is 2.05. The molecule has 14 heavy (non-hydrogen) atoms. The van der Waals surface area contributed by atoms with E-state index in [9.17, 15) is 0 Å². The molecule has 1 fully saturated rings. The van der Waals surface area contributed by atoms with Crippen LogP contribution in [0.5, 0.6) is 0 Å². The number of hydrogen-bond acceptors (Lipinski definition) is 3. The van der Waals surface area contributed by atoms with Crippen molar-refractivity contribution >= 4 is 5.52 Å². The molecule has 0 aromatic carbocycles. The summed E-state index contributed by atoms with van der Waals surface area (Å²) in [6, 6.07) is 0.421. The molecule has 4 nitrogen and oxygen atoms in total. The predicted molar refractivity (Wildman–Crippen MR) is 53.0 cm³/mol. The van der Waals surface area contributed by atoms with Gasteiger partial charge < -0.3 is 9.72 Å². The average molecular weight is 188 g/mol. The van der Waals surface area contributed by atoms with E-state index in [0.717, 1.165) is 17.8 Å². The Morgan fingerprint density at radius 2 is 2.50 bits per heavy atom. The quantitative estimate of drug-likeness (QED) is 0.730. The van der Waals surface area contributed by atoms with Gasteiger partial charge in [-0.25, -0.2) is 4.98 Å². The summed E-state index contributed by atoms with van der Waals surface area (Å²) in [6.07, 6.45) is 9.86. The molecule has 3 rings (SSSR count). The van der Waals surface area contributed by atoms with E-state index in [1.54, 1.807) is 6.20 Å². The number of hydrogen-bond donors (Lipinski definition) is 1. The van der Waals surface area contributed by atoms with Crippen LogP contribution in [0, 0.1) is 0 Å². The maximum absolute atomic E-state index is 4.44. The van der Waals surface area contributed by atoms with Gasteiger partial charge in [0.2, 0.25) is 0 Å². The number of nitrogens with one attached hydrogen (secondary N) is 1. The van der Waals surface area contributed by atoms with Gasteiger partial charge in [0.15, 0.2) is 0 Å². The van der Waals surface area contributed by atoms with Crippen LogP contribution in [0.15, 0.2) is 24.9 Å². The van der Waals surface area contributed by atoms with Gasteiger partial charge in [-0.3, -0.25) is 4.98 Å². The van der Waals surface area contributed by atoms with Crippen molar-refractivity contribution in [3.63, 3.8) is 0 Å². The summed E-state index contributed by atoms with van der Waals surface area (Å²) >= 11 is 0. The third kappa shape index (κ3) is 1.11. The summed E-state index contributed by atoms with van der Waals surface area (Å²) in [5.41, 5.74) is 2.25. The molecule has 0 bridgehead atoms. The third-order valence-electron chi connectivity index (χ3n) is 2.76. The van der Waals surface area contributed by atoms with Crippen molar-refractivity contribution in [2.24, 2.45) is 0 Å². The van der Waals surface area contributed by atoms with E-state index in [2.05, 4.69) is 15.3 Å². The van der Waals surface area contributed by atoms with Crippen molar-refractivity contribution in [1.29, 1.82) is 0 Å². The van der Waals surface area contributed by atoms with Crippen molar-refractivity contribution in [2.75, 3.05) is 6.54 Å². The van der Waals surface area contributed by atoms with Gasteiger partial charge in [0.05, 0.1) is 29.8 Å². The molecular weight excluding hydrogens is 176 g/mol. The van der Waals surface area contributed by atoms with Gasteiger partial charge >= 0.3 is 0 Å². The van der Waals surface area contributed by atoms with Crippen LogP contribution in [0.2, 0.25) is 0 Å². The lowest BCUT2D eigenvalue weighted by molar-refractivity contribution is 0.636. The normalized spacial score (nSPS) is 21.9. The van der Waals surface area contributed by atoms with Crippen molar-refractivity contribution in [2.45, 2.75) is 18.9 Å². The first kappa shape index (κ1) is 7.94. The molecule has 2 aromatic heterocycles. The summed E-state index contributed by atoms with van der Waals surface area (Å²) in [7, 11) is 0. The molecule has 0 spiro atoms. The fraction of sp³-hybridized carbons (Fsp3) is 0.400. The van der Waals surface area contributed by atoms with E-state index in [4.69, 9.17) is 0 Å². The largest absolute Gasteiger partial charge is 0.309 e. The van der Waals surface area contributed by atoms with Crippen molar-refractivity contribution < 1.29 is 0 Å². The van der Waals surface area contributed by atoms with Gasteiger partial charge in [0.25, 0.3) is 0 Å². The molecule has 0 radical (unpaired) electrons. The second-order valence-corrected chi connectivity index (χ2v) is 3.65. The Bertz CT molecular complexity index is 442. The van der Waals surface area contributed by atoms with Crippen LogP contribution < -0.4 is 5.32 Å². The number of nitrogens with zero attached hydrogens (tertiary/aromatic N) is 3. The molecule has 72 valence electrons. The zero-order chi connectivity index (χ0) is 9.38. The minimum Gasteiger partial charge on any atom is -0.309 e. The molecule has 1 aliphatic rings. The van der Waals surface area contributed by atoms with E-state index in [0.29, 0.717) is 6.04 Å². The van der Waals surface area contributed by atoms with E-state index in [1.165, 1.54) is 12.8 Å².